The Bertz CT molecular complexity index is 1240. The molecule has 10 nitrogen and oxygen atoms in total. The number of aryl methyl sites for hydroxylation is 1. The lowest BCUT2D eigenvalue weighted by atomic mass is 9.85. The standard InChI is InChI=1S/C24H26N6O4/c1-28-13-26-17-6-9-29(24(20(17)28)7-8-25-12-24)11-14-2-3-15-16(10-14)23(34)30(22(15)33)18-4-5-19(31)27-21(18)32/h2-3,10,13,18,25H,4-9,11-12H2,1H3,(H,27,31,32). The average molecular weight is 463 g/mol. The predicted molar refractivity (Wildman–Crippen MR) is 120 cm³/mol. The van der Waals surface area contributed by atoms with Gasteiger partial charge in [-0.05, 0) is 37.1 Å². The molecule has 2 unspecified atom stereocenters. The molecule has 0 radical (unpaired) electrons. The van der Waals surface area contributed by atoms with E-state index in [-0.39, 0.29) is 24.3 Å². The Balaban J connectivity index is 1.29. The molecule has 34 heavy (non-hydrogen) atoms. The second kappa shape index (κ2) is 7.57. The quantitative estimate of drug-likeness (QED) is 0.620. The Morgan fingerprint density at radius 1 is 1.12 bits per heavy atom. The summed E-state index contributed by atoms with van der Waals surface area (Å²) in [5.41, 5.74) is 3.82. The zero-order chi connectivity index (χ0) is 23.6. The highest BCUT2D eigenvalue weighted by molar-refractivity contribution is 6.23. The molecule has 2 saturated heterocycles. The maximum absolute atomic E-state index is 13.2. The summed E-state index contributed by atoms with van der Waals surface area (Å²) in [6.45, 7) is 3.27. The average Bonchev–Trinajstić information content (AvgIpc) is 3.50. The SMILES string of the molecule is Cn1cnc2c1C1(CCNC1)N(Cc1ccc3c(c1)C(=O)N(C1CCC(=O)NC1=O)C3=O)CC2. The van der Waals surface area contributed by atoms with E-state index < -0.39 is 23.8 Å². The molecule has 0 bridgehead atoms. The van der Waals surface area contributed by atoms with E-state index in [1.807, 2.05) is 19.4 Å². The van der Waals surface area contributed by atoms with E-state index in [0.717, 1.165) is 48.6 Å². The van der Waals surface area contributed by atoms with E-state index >= 15 is 0 Å². The molecule has 6 rings (SSSR count). The van der Waals surface area contributed by atoms with Gasteiger partial charge in [-0.25, -0.2) is 4.98 Å². The minimum absolute atomic E-state index is 0.107. The molecule has 0 saturated carbocycles. The third-order valence-corrected chi connectivity index (χ3v) is 7.69. The highest BCUT2D eigenvalue weighted by Gasteiger charge is 2.48. The van der Waals surface area contributed by atoms with Gasteiger partial charge in [-0.15, -0.1) is 0 Å². The highest BCUT2D eigenvalue weighted by Crippen LogP contribution is 2.41. The van der Waals surface area contributed by atoms with Crippen molar-refractivity contribution >= 4 is 23.6 Å². The molecule has 2 aromatic rings. The van der Waals surface area contributed by atoms with Crippen molar-refractivity contribution in [2.45, 2.75) is 43.8 Å². The van der Waals surface area contributed by atoms with Crippen molar-refractivity contribution in [3.63, 3.8) is 0 Å². The monoisotopic (exact) mass is 462 g/mol. The van der Waals surface area contributed by atoms with Crippen LogP contribution in [-0.2, 0) is 35.1 Å². The predicted octanol–water partition coefficient (Wildman–Crippen LogP) is 0.0682. The van der Waals surface area contributed by atoms with E-state index in [4.69, 9.17) is 0 Å². The summed E-state index contributed by atoms with van der Waals surface area (Å²) >= 11 is 0. The van der Waals surface area contributed by atoms with Gasteiger partial charge in [-0.3, -0.25) is 34.3 Å². The minimum Gasteiger partial charge on any atom is -0.336 e. The van der Waals surface area contributed by atoms with Crippen LogP contribution in [0.3, 0.4) is 0 Å². The van der Waals surface area contributed by atoms with Gasteiger partial charge in [0.05, 0.1) is 34.4 Å². The fraction of sp³-hybridized carbons (Fsp3) is 0.458. The molecule has 2 N–H and O–H groups in total. The molecular weight excluding hydrogens is 436 g/mol. The first-order valence-electron chi connectivity index (χ1n) is 11.7. The summed E-state index contributed by atoms with van der Waals surface area (Å²) < 4.78 is 2.12. The molecule has 5 heterocycles. The van der Waals surface area contributed by atoms with Gasteiger partial charge in [-0.2, -0.15) is 0 Å². The number of piperidine rings is 1. The zero-order valence-corrected chi connectivity index (χ0v) is 19.0. The smallest absolute Gasteiger partial charge is 0.262 e. The van der Waals surface area contributed by atoms with Crippen molar-refractivity contribution in [3.05, 3.63) is 52.6 Å². The van der Waals surface area contributed by atoms with Crippen LogP contribution < -0.4 is 10.6 Å². The number of carbonyl (C=O) groups is 4. The number of hydrogen-bond donors (Lipinski definition) is 2. The van der Waals surface area contributed by atoms with Gasteiger partial charge in [0.1, 0.15) is 6.04 Å². The Labute approximate surface area is 196 Å². The first kappa shape index (κ1) is 21.2. The first-order chi connectivity index (χ1) is 16.4. The van der Waals surface area contributed by atoms with Crippen LogP contribution in [-0.4, -0.2) is 68.7 Å². The van der Waals surface area contributed by atoms with E-state index in [9.17, 15) is 19.2 Å². The largest absolute Gasteiger partial charge is 0.336 e. The number of hydrogen-bond acceptors (Lipinski definition) is 7. The second-order valence-corrected chi connectivity index (χ2v) is 9.61. The lowest BCUT2D eigenvalue weighted by molar-refractivity contribution is -0.136. The van der Waals surface area contributed by atoms with Crippen LogP contribution in [0.4, 0.5) is 0 Å². The van der Waals surface area contributed by atoms with Crippen molar-refractivity contribution < 1.29 is 19.2 Å². The number of rotatable bonds is 3. The molecule has 0 aliphatic carbocycles. The van der Waals surface area contributed by atoms with Gasteiger partial charge in [0.25, 0.3) is 11.8 Å². The summed E-state index contributed by atoms with van der Waals surface area (Å²) in [5.74, 6) is -1.92. The van der Waals surface area contributed by atoms with Crippen molar-refractivity contribution in [1.82, 2.24) is 30.0 Å². The van der Waals surface area contributed by atoms with Crippen molar-refractivity contribution in [1.29, 1.82) is 0 Å². The number of amides is 4. The number of aromatic nitrogens is 2. The zero-order valence-electron chi connectivity index (χ0n) is 19.0. The molecule has 4 aliphatic heterocycles. The fourth-order valence-corrected chi connectivity index (χ4v) is 6.08. The highest BCUT2D eigenvalue weighted by atomic mass is 16.2. The molecule has 10 heteroatoms. The molecule has 2 fully saturated rings. The number of imidazole rings is 1. The molecule has 1 aromatic heterocycles. The van der Waals surface area contributed by atoms with Crippen molar-refractivity contribution in [2.75, 3.05) is 19.6 Å². The topological polar surface area (TPSA) is 117 Å². The van der Waals surface area contributed by atoms with Gasteiger partial charge < -0.3 is 9.88 Å². The van der Waals surface area contributed by atoms with Crippen LogP contribution in [0.2, 0.25) is 0 Å². The van der Waals surface area contributed by atoms with Gasteiger partial charge in [0.2, 0.25) is 11.8 Å². The number of carbonyl (C=O) groups excluding carboxylic acids is 4. The van der Waals surface area contributed by atoms with E-state index in [1.54, 1.807) is 12.1 Å². The van der Waals surface area contributed by atoms with Gasteiger partial charge in [0, 0.05) is 39.5 Å². The summed E-state index contributed by atoms with van der Waals surface area (Å²) in [5, 5.41) is 5.74. The lowest BCUT2D eigenvalue weighted by Gasteiger charge is -2.44. The summed E-state index contributed by atoms with van der Waals surface area (Å²) in [7, 11) is 2.04. The van der Waals surface area contributed by atoms with Crippen LogP contribution in [0.15, 0.2) is 24.5 Å². The molecule has 1 aromatic carbocycles. The number of imide groups is 2. The van der Waals surface area contributed by atoms with E-state index in [0.29, 0.717) is 17.7 Å². The number of fused-ring (bicyclic) bond motifs is 3. The van der Waals surface area contributed by atoms with E-state index in [1.165, 1.54) is 5.69 Å². The molecule has 176 valence electrons. The molecule has 2 atom stereocenters. The van der Waals surface area contributed by atoms with E-state index in [2.05, 4.69) is 25.1 Å². The Morgan fingerprint density at radius 3 is 2.71 bits per heavy atom. The second-order valence-electron chi connectivity index (χ2n) is 9.61. The number of benzene rings is 1. The number of nitrogens with one attached hydrogen (secondary N) is 2. The van der Waals surface area contributed by atoms with Crippen molar-refractivity contribution in [2.24, 2.45) is 7.05 Å². The Kier molecular flexibility index (Phi) is 4.72. The van der Waals surface area contributed by atoms with Crippen LogP contribution in [0.5, 0.6) is 0 Å². The lowest BCUT2D eigenvalue weighted by Crippen LogP contribution is -2.54. The molecule has 1 spiro atoms. The number of nitrogens with zero attached hydrogens (tertiary/aromatic N) is 4. The first-order valence-corrected chi connectivity index (χ1v) is 11.7. The summed E-state index contributed by atoms with van der Waals surface area (Å²) in [6.07, 6.45) is 3.99. The Hall–Kier alpha value is -3.37. The van der Waals surface area contributed by atoms with Crippen LogP contribution >= 0.6 is 0 Å². The molecular formula is C24H26N6O4. The maximum Gasteiger partial charge on any atom is 0.262 e. The minimum atomic E-state index is -0.952. The third-order valence-electron chi connectivity index (χ3n) is 7.69. The molecule has 4 aliphatic rings. The molecule has 4 amide bonds. The summed E-state index contributed by atoms with van der Waals surface area (Å²) in [4.78, 5) is 58.1. The van der Waals surface area contributed by atoms with Gasteiger partial charge in [0.15, 0.2) is 0 Å². The van der Waals surface area contributed by atoms with Crippen LogP contribution in [0.1, 0.15) is 56.9 Å². The van der Waals surface area contributed by atoms with Crippen LogP contribution in [0, 0.1) is 0 Å². The summed E-state index contributed by atoms with van der Waals surface area (Å²) in [6, 6.07) is 4.42. The van der Waals surface area contributed by atoms with Gasteiger partial charge >= 0.3 is 0 Å². The maximum atomic E-state index is 13.2. The fourth-order valence-electron chi connectivity index (χ4n) is 6.08. The Morgan fingerprint density at radius 2 is 1.94 bits per heavy atom. The van der Waals surface area contributed by atoms with Crippen molar-refractivity contribution in [3.8, 4) is 0 Å². The van der Waals surface area contributed by atoms with Gasteiger partial charge in [-0.1, -0.05) is 6.07 Å². The van der Waals surface area contributed by atoms with Crippen LogP contribution in [0.25, 0.3) is 0 Å². The third kappa shape index (κ3) is 2.98. The normalized spacial score (nSPS) is 26.9.